The van der Waals surface area contributed by atoms with Crippen LogP contribution in [0.15, 0.2) is 0 Å². The Balaban J connectivity index is 2.79. The number of ether oxygens (including phenoxy) is 2. The topological polar surface area (TPSA) is 38.8 Å². The maximum atomic E-state index is 12.8. The van der Waals surface area contributed by atoms with Crippen molar-refractivity contribution in [1.82, 2.24) is 4.90 Å². The number of carbonyl (C=O) groups excluding carboxylic acids is 1. The van der Waals surface area contributed by atoms with Gasteiger partial charge in [-0.3, -0.25) is 0 Å². The van der Waals surface area contributed by atoms with Gasteiger partial charge in [-0.15, -0.1) is 0 Å². The lowest BCUT2D eigenvalue weighted by molar-refractivity contribution is -0.248. The van der Waals surface area contributed by atoms with Crippen LogP contribution in [0.5, 0.6) is 0 Å². The van der Waals surface area contributed by atoms with Gasteiger partial charge in [0.25, 0.3) is 0 Å². The first-order valence-corrected chi connectivity index (χ1v) is 8.69. The van der Waals surface area contributed by atoms with E-state index in [4.69, 9.17) is 9.47 Å². The molecule has 1 fully saturated rings. The molecule has 0 aliphatic carbocycles. The highest BCUT2D eigenvalue weighted by Gasteiger charge is 2.46. The van der Waals surface area contributed by atoms with Crippen molar-refractivity contribution in [1.29, 1.82) is 0 Å². The number of hydrogen-bond acceptors (Lipinski definition) is 3. The summed E-state index contributed by atoms with van der Waals surface area (Å²) < 4.78 is 49.3. The van der Waals surface area contributed by atoms with Gasteiger partial charge in [0.15, 0.2) is 6.10 Å². The highest BCUT2D eigenvalue weighted by molar-refractivity contribution is 14.1. The summed E-state index contributed by atoms with van der Waals surface area (Å²) >= 11 is 2.01. The standard InChI is InChI=1S/C14H23F3INO3/c1-10(14(15,16)17)21-13(8-18)6-5-7-19(9-13)11(20)22-12(2,3)4/h10H,5-9H2,1-4H3. The van der Waals surface area contributed by atoms with Crippen molar-refractivity contribution >= 4 is 28.7 Å². The molecule has 0 bridgehead atoms. The van der Waals surface area contributed by atoms with Crippen LogP contribution in [0.2, 0.25) is 0 Å². The highest BCUT2D eigenvalue weighted by Crippen LogP contribution is 2.33. The molecule has 130 valence electrons. The first-order chi connectivity index (χ1) is 9.88. The number of piperidine rings is 1. The molecule has 1 aliphatic rings. The van der Waals surface area contributed by atoms with Gasteiger partial charge < -0.3 is 14.4 Å². The summed E-state index contributed by atoms with van der Waals surface area (Å²) in [4.78, 5) is 13.6. The molecule has 2 unspecified atom stereocenters. The van der Waals surface area contributed by atoms with Crippen molar-refractivity contribution in [2.75, 3.05) is 17.5 Å². The molecule has 0 saturated carbocycles. The van der Waals surface area contributed by atoms with Crippen LogP contribution >= 0.6 is 22.6 Å². The fourth-order valence-electron chi connectivity index (χ4n) is 2.26. The Hall–Kier alpha value is -0.250. The first kappa shape index (κ1) is 19.8. The summed E-state index contributed by atoms with van der Waals surface area (Å²) in [6.45, 7) is 6.84. The number of alkyl halides is 4. The number of amides is 1. The second-order valence-electron chi connectivity index (χ2n) is 6.62. The maximum Gasteiger partial charge on any atom is 0.414 e. The molecule has 0 N–H and O–H groups in total. The predicted octanol–water partition coefficient (Wildman–Crippen LogP) is 4.16. The highest BCUT2D eigenvalue weighted by atomic mass is 127. The second-order valence-corrected chi connectivity index (χ2v) is 7.39. The van der Waals surface area contributed by atoms with E-state index in [1.165, 1.54) is 4.90 Å². The van der Waals surface area contributed by atoms with E-state index in [1.807, 2.05) is 22.6 Å². The van der Waals surface area contributed by atoms with Gasteiger partial charge in [-0.05, 0) is 40.5 Å². The van der Waals surface area contributed by atoms with Gasteiger partial charge in [-0.25, -0.2) is 4.79 Å². The quantitative estimate of drug-likeness (QED) is 0.492. The van der Waals surface area contributed by atoms with Crippen molar-refractivity contribution in [2.45, 2.75) is 64.0 Å². The third-order valence-corrected chi connectivity index (χ3v) is 4.71. The van der Waals surface area contributed by atoms with Crippen LogP contribution < -0.4 is 0 Å². The van der Waals surface area contributed by atoms with Crippen LogP contribution in [0.4, 0.5) is 18.0 Å². The average Bonchev–Trinajstić information content (AvgIpc) is 2.36. The van der Waals surface area contributed by atoms with Crippen molar-refractivity contribution in [3.63, 3.8) is 0 Å². The fourth-order valence-corrected chi connectivity index (χ4v) is 3.06. The maximum absolute atomic E-state index is 12.8. The first-order valence-electron chi connectivity index (χ1n) is 7.17. The largest absolute Gasteiger partial charge is 0.444 e. The molecule has 2 atom stereocenters. The van der Waals surface area contributed by atoms with Crippen LogP contribution in [0.1, 0.15) is 40.5 Å². The van der Waals surface area contributed by atoms with E-state index in [1.54, 1.807) is 20.8 Å². The van der Waals surface area contributed by atoms with Crippen molar-refractivity contribution in [2.24, 2.45) is 0 Å². The van der Waals surface area contributed by atoms with E-state index < -0.39 is 29.6 Å². The molecule has 8 heteroatoms. The molecule has 1 saturated heterocycles. The third kappa shape index (κ3) is 5.75. The van der Waals surface area contributed by atoms with Gasteiger partial charge in [-0.2, -0.15) is 13.2 Å². The van der Waals surface area contributed by atoms with E-state index in [2.05, 4.69) is 0 Å². The molecule has 0 aromatic carbocycles. The average molecular weight is 437 g/mol. The molecule has 0 aromatic heterocycles. The number of hydrogen-bond donors (Lipinski definition) is 0. The van der Waals surface area contributed by atoms with Gasteiger partial charge in [0.2, 0.25) is 0 Å². The van der Waals surface area contributed by atoms with E-state index in [0.717, 1.165) is 6.92 Å². The lowest BCUT2D eigenvalue weighted by Gasteiger charge is -2.43. The third-order valence-electron chi connectivity index (χ3n) is 3.32. The number of rotatable bonds is 3. The molecular weight excluding hydrogens is 414 g/mol. The van der Waals surface area contributed by atoms with E-state index in [9.17, 15) is 18.0 Å². The molecule has 4 nitrogen and oxygen atoms in total. The number of likely N-dealkylation sites (tertiary alicyclic amines) is 1. The van der Waals surface area contributed by atoms with Gasteiger partial charge in [-0.1, -0.05) is 22.6 Å². The zero-order chi connectivity index (χ0) is 17.2. The molecular formula is C14H23F3INO3. The Bertz CT molecular complexity index is 398. The van der Waals surface area contributed by atoms with Crippen LogP contribution in [-0.4, -0.2) is 52.0 Å². The second kappa shape index (κ2) is 7.11. The minimum Gasteiger partial charge on any atom is -0.444 e. The number of carbonyl (C=O) groups is 1. The normalized spacial score (nSPS) is 25.0. The fraction of sp³-hybridized carbons (Fsp3) is 0.929. The Morgan fingerprint density at radius 1 is 1.36 bits per heavy atom. The molecule has 0 aromatic rings. The molecule has 22 heavy (non-hydrogen) atoms. The lowest BCUT2D eigenvalue weighted by Crippen LogP contribution is -2.56. The van der Waals surface area contributed by atoms with E-state index in [-0.39, 0.29) is 6.54 Å². The Morgan fingerprint density at radius 2 is 1.95 bits per heavy atom. The van der Waals surface area contributed by atoms with Crippen molar-refractivity contribution in [3.05, 3.63) is 0 Å². The minimum absolute atomic E-state index is 0.116. The SMILES string of the molecule is CC(OC1(CI)CCCN(C(=O)OC(C)(C)C)C1)C(F)(F)F. The number of halogens is 4. The molecule has 1 rings (SSSR count). The van der Waals surface area contributed by atoms with Crippen LogP contribution in [0.3, 0.4) is 0 Å². The van der Waals surface area contributed by atoms with E-state index >= 15 is 0 Å². The van der Waals surface area contributed by atoms with Crippen molar-refractivity contribution in [3.8, 4) is 0 Å². The lowest BCUT2D eigenvalue weighted by atomic mass is 9.94. The Morgan fingerprint density at radius 3 is 2.41 bits per heavy atom. The van der Waals surface area contributed by atoms with Crippen molar-refractivity contribution < 1.29 is 27.4 Å². The monoisotopic (exact) mass is 437 g/mol. The summed E-state index contributed by atoms with van der Waals surface area (Å²) in [6.07, 6.45) is -5.69. The van der Waals surface area contributed by atoms with Crippen LogP contribution in [0, 0.1) is 0 Å². The van der Waals surface area contributed by atoms with E-state index in [0.29, 0.717) is 23.8 Å². The summed E-state index contributed by atoms with van der Waals surface area (Å²) in [7, 11) is 0. The summed E-state index contributed by atoms with van der Waals surface area (Å²) in [5.74, 6) is 0. The van der Waals surface area contributed by atoms with Gasteiger partial charge in [0, 0.05) is 11.0 Å². The molecule has 0 radical (unpaired) electrons. The van der Waals surface area contributed by atoms with Gasteiger partial charge in [0.05, 0.1) is 12.1 Å². The van der Waals surface area contributed by atoms with Crippen LogP contribution in [-0.2, 0) is 9.47 Å². The smallest absolute Gasteiger partial charge is 0.414 e. The number of nitrogens with zero attached hydrogens (tertiary/aromatic N) is 1. The van der Waals surface area contributed by atoms with Crippen LogP contribution in [0.25, 0.3) is 0 Å². The Labute approximate surface area is 142 Å². The zero-order valence-corrected chi connectivity index (χ0v) is 15.5. The molecule has 1 heterocycles. The molecule has 0 spiro atoms. The summed E-state index contributed by atoms with van der Waals surface area (Å²) in [6, 6.07) is 0. The molecule has 1 amide bonds. The van der Waals surface area contributed by atoms with Gasteiger partial charge >= 0.3 is 12.3 Å². The Kier molecular flexibility index (Phi) is 6.39. The minimum atomic E-state index is -4.41. The predicted molar refractivity (Wildman–Crippen MR) is 85.3 cm³/mol. The molecule has 1 aliphatic heterocycles. The van der Waals surface area contributed by atoms with Gasteiger partial charge in [0.1, 0.15) is 5.60 Å². The summed E-state index contributed by atoms with van der Waals surface area (Å²) in [5.41, 5.74) is -1.62. The summed E-state index contributed by atoms with van der Waals surface area (Å²) in [5, 5.41) is 0. The zero-order valence-electron chi connectivity index (χ0n) is 13.3.